The van der Waals surface area contributed by atoms with Gasteiger partial charge in [0, 0.05) is 23.2 Å². The van der Waals surface area contributed by atoms with Crippen molar-refractivity contribution in [3.8, 4) is 11.4 Å². The summed E-state index contributed by atoms with van der Waals surface area (Å²) >= 11 is 1.68. The van der Waals surface area contributed by atoms with Crippen molar-refractivity contribution in [1.82, 2.24) is 24.7 Å². The number of thiazole rings is 1. The molecule has 0 radical (unpaired) electrons. The van der Waals surface area contributed by atoms with Gasteiger partial charge in [-0.2, -0.15) is 0 Å². The minimum atomic E-state index is 0.391. The molecular weight excluding hydrogens is 308 g/mol. The van der Waals surface area contributed by atoms with E-state index in [-0.39, 0.29) is 0 Å². The predicted octanol–water partition coefficient (Wildman–Crippen LogP) is 2.71. The van der Waals surface area contributed by atoms with Crippen LogP contribution in [0.5, 0.6) is 0 Å². The first-order chi connectivity index (χ1) is 11.2. The molecule has 6 nitrogen and oxygen atoms in total. The van der Waals surface area contributed by atoms with E-state index >= 15 is 0 Å². The van der Waals surface area contributed by atoms with Gasteiger partial charge in [-0.1, -0.05) is 0 Å². The molecule has 7 heteroatoms. The van der Waals surface area contributed by atoms with Crippen LogP contribution in [0.3, 0.4) is 0 Å². The molecule has 0 spiro atoms. The van der Waals surface area contributed by atoms with E-state index in [4.69, 9.17) is 4.98 Å². The normalized spacial score (nSPS) is 21.7. The lowest BCUT2D eigenvalue weighted by molar-refractivity contribution is 0.388. The van der Waals surface area contributed by atoms with E-state index in [1.54, 1.807) is 23.7 Å². The highest BCUT2D eigenvalue weighted by atomic mass is 32.1. The highest BCUT2D eigenvalue weighted by Gasteiger charge is 2.21. The van der Waals surface area contributed by atoms with Crippen LogP contribution < -0.4 is 10.6 Å². The first kappa shape index (κ1) is 14.6. The first-order valence-corrected chi connectivity index (χ1v) is 8.78. The Kier molecular flexibility index (Phi) is 3.74. The van der Waals surface area contributed by atoms with Crippen LogP contribution in [0, 0.1) is 6.92 Å². The first-order valence-electron chi connectivity index (χ1n) is 7.96. The molecule has 0 aliphatic carbocycles. The maximum Gasteiger partial charge on any atom is 0.194 e. The van der Waals surface area contributed by atoms with Crippen molar-refractivity contribution in [1.29, 1.82) is 0 Å². The number of aromatic nitrogens is 4. The predicted molar refractivity (Wildman–Crippen MR) is 92.9 cm³/mol. The number of aryl methyl sites for hydroxylation is 1. The molecular formula is C16H20N6S. The third-order valence-corrected chi connectivity index (χ3v) is 5.23. The maximum absolute atomic E-state index is 4.75. The maximum atomic E-state index is 4.75. The summed E-state index contributed by atoms with van der Waals surface area (Å²) in [5.74, 6) is 0.824. The van der Waals surface area contributed by atoms with Crippen molar-refractivity contribution in [2.45, 2.75) is 38.8 Å². The zero-order valence-corrected chi connectivity index (χ0v) is 14.1. The van der Waals surface area contributed by atoms with Gasteiger partial charge < -0.3 is 10.6 Å². The van der Waals surface area contributed by atoms with Gasteiger partial charge in [0.2, 0.25) is 0 Å². The quantitative estimate of drug-likeness (QED) is 0.774. The largest absolute Gasteiger partial charge is 0.364 e. The second-order valence-corrected chi connectivity index (χ2v) is 7.28. The summed E-state index contributed by atoms with van der Waals surface area (Å²) in [6.45, 7) is 5.39. The summed E-state index contributed by atoms with van der Waals surface area (Å²) in [6, 6.07) is 0.831. The van der Waals surface area contributed by atoms with Crippen molar-refractivity contribution in [2.24, 2.45) is 0 Å². The van der Waals surface area contributed by atoms with E-state index in [2.05, 4.69) is 45.0 Å². The van der Waals surface area contributed by atoms with Gasteiger partial charge in [0.1, 0.15) is 11.5 Å². The molecule has 3 aromatic rings. The Hall–Kier alpha value is -1.99. The zero-order valence-electron chi connectivity index (χ0n) is 13.3. The third-order valence-electron chi connectivity index (χ3n) is 4.32. The smallest absolute Gasteiger partial charge is 0.194 e. The topological polar surface area (TPSA) is 67.1 Å². The van der Waals surface area contributed by atoms with E-state index < -0.39 is 0 Å². The Balaban J connectivity index is 1.63. The Morgan fingerprint density at radius 2 is 2.26 bits per heavy atom. The summed E-state index contributed by atoms with van der Waals surface area (Å²) in [6.07, 6.45) is 9.89. The third kappa shape index (κ3) is 2.82. The molecule has 4 rings (SSSR count). The van der Waals surface area contributed by atoms with E-state index in [9.17, 15) is 0 Å². The molecule has 0 bridgehead atoms. The Labute approximate surface area is 139 Å². The molecule has 120 valence electrons. The van der Waals surface area contributed by atoms with Crippen molar-refractivity contribution in [3.05, 3.63) is 29.7 Å². The fourth-order valence-electron chi connectivity index (χ4n) is 3.08. The summed E-state index contributed by atoms with van der Waals surface area (Å²) in [4.78, 5) is 15.8. The van der Waals surface area contributed by atoms with Gasteiger partial charge in [0.05, 0.1) is 24.3 Å². The molecule has 1 fully saturated rings. The lowest BCUT2D eigenvalue weighted by Gasteiger charge is -2.30. The monoisotopic (exact) mass is 328 g/mol. The highest BCUT2D eigenvalue weighted by molar-refractivity contribution is 7.17. The van der Waals surface area contributed by atoms with Crippen molar-refractivity contribution < 1.29 is 0 Å². The van der Waals surface area contributed by atoms with Gasteiger partial charge >= 0.3 is 0 Å². The van der Waals surface area contributed by atoms with E-state index in [1.807, 2.05) is 6.20 Å². The standard InChI is InChI=1S/C16H20N6S/c1-10-9-22-14(7-19-16(22)23-10)13-6-17-8-15(21-13)20-12-4-3-5-18-11(12)2/h6-9,11-12,18H,3-5H2,1-2H3,(H,20,21). The molecule has 0 amide bonds. The number of anilines is 1. The van der Waals surface area contributed by atoms with Gasteiger partial charge in [-0.15, -0.1) is 11.3 Å². The SMILES string of the molecule is Cc1cn2c(-c3cncc(NC4CCCNC4C)n3)cnc2s1. The number of hydrogen-bond acceptors (Lipinski definition) is 6. The fourth-order valence-corrected chi connectivity index (χ4v) is 3.88. The van der Waals surface area contributed by atoms with Crippen LogP contribution in [0.15, 0.2) is 24.8 Å². The second kappa shape index (κ2) is 5.90. The lowest BCUT2D eigenvalue weighted by atomic mass is 10.00. The minimum Gasteiger partial charge on any atom is -0.364 e. The molecule has 1 aliphatic heterocycles. The number of fused-ring (bicyclic) bond motifs is 1. The van der Waals surface area contributed by atoms with Crippen molar-refractivity contribution in [3.63, 3.8) is 0 Å². The molecule has 3 aromatic heterocycles. The van der Waals surface area contributed by atoms with Gasteiger partial charge in [-0.3, -0.25) is 9.38 Å². The van der Waals surface area contributed by atoms with Crippen molar-refractivity contribution in [2.75, 3.05) is 11.9 Å². The molecule has 4 heterocycles. The molecule has 0 saturated carbocycles. The van der Waals surface area contributed by atoms with E-state index in [0.29, 0.717) is 12.1 Å². The average molecular weight is 328 g/mol. The van der Waals surface area contributed by atoms with Crippen LogP contribution in [0.1, 0.15) is 24.6 Å². The highest BCUT2D eigenvalue weighted by Crippen LogP contribution is 2.25. The number of piperidine rings is 1. The molecule has 1 saturated heterocycles. The Bertz CT molecular complexity index is 823. The number of rotatable bonds is 3. The van der Waals surface area contributed by atoms with E-state index in [1.165, 1.54) is 11.3 Å². The molecule has 23 heavy (non-hydrogen) atoms. The van der Waals surface area contributed by atoms with Gasteiger partial charge in [0.25, 0.3) is 0 Å². The van der Waals surface area contributed by atoms with Crippen molar-refractivity contribution >= 4 is 22.1 Å². The van der Waals surface area contributed by atoms with Crippen LogP contribution in [-0.4, -0.2) is 38.0 Å². The van der Waals surface area contributed by atoms with Gasteiger partial charge in [-0.25, -0.2) is 9.97 Å². The van der Waals surface area contributed by atoms with Crippen LogP contribution in [-0.2, 0) is 0 Å². The fraction of sp³-hybridized carbons (Fsp3) is 0.438. The number of nitrogens with one attached hydrogen (secondary N) is 2. The lowest BCUT2D eigenvalue weighted by Crippen LogP contribution is -2.46. The minimum absolute atomic E-state index is 0.391. The number of imidazole rings is 1. The molecule has 2 unspecified atom stereocenters. The number of hydrogen-bond donors (Lipinski definition) is 2. The van der Waals surface area contributed by atoms with E-state index in [0.717, 1.165) is 35.1 Å². The molecule has 1 aliphatic rings. The Morgan fingerprint density at radius 1 is 1.35 bits per heavy atom. The summed E-state index contributed by atoms with van der Waals surface area (Å²) in [5.41, 5.74) is 1.83. The van der Waals surface area contributed by atoms with Crippen LogP contribution in [0.2, 0.25) is 0 Å². The second-order valence-electron chi connectivity index (χ2n) is 6.06. The van der Waals surface area contributed by atoms with Crippen LogP contribution in [0.25, 0.3) is 16.3 Å². The Morgan fingerprint density at radius 3 is 3.13 bits per heavy atom. The summed E-state index contributed by atoms with van der Waals surface area (Å²) in [7, 11) is 0. The van der Waals surface area contributed by atoms with Gasteiger partial charge in [0.15, 0.2) is 4.96 Å². The average Bonchev–Trinajstić information content (AvgIpc) is 3.09. The van der Waals surface area contributed by atoms with Gasteiger partial charge in [-0.05, 0) is 33.2 Å². The zero-order chi connectivity index (χ0) is 15.8. The van der Waals surface area contributed by atoms with Crippen LogP contribution >= 0.6 is 11.3 Å². The summed E-state index contributed by atoms with van der Waals surface area (Å²) < 4.78 is 2.08. The molecule has 2 atom stereocenters. The molecule has 2 N–H and O–H groups in total. The van der Waals surface area contributed by atoms with Crippen LogP contribution in [0.4, 0.5) is 5.82 Å². The summed E-state index contributed by atoms with van der Waals surface area (Å²) in [5, 5.41) is 7.02. The number of nitrogens with zero attached hydrogens (tertiary/aromatic N) is 4. The molecule has 0 aromatic carbocycles.